The number of para-hydroxylation sites is 1. The summed E-state index contributed by atoms with van der Waals surface area (Å²) in [7, 11) is -3.87. The Morgan fingerprint density at radius 2 is 2.05 bits per heavy atom. The number of nitrogens with one attached hydrogen (secondary N) is 2. The lowest BCUT2D eigenvalue weighted by atomic mass is 9.96. The van der Waals surface area contributed by atoms with Gasteiger partial charge in [0, 0.05) is 24.2 Å². The van der Waals surface area contributed by atoms with Crippen molar-refractivity contribution < 1.29 is 13.3 Å². The zero-order valence-electron chi connectivity index (χ0n) is 10.7. The highest BCUT2D eigenvalue weighted by atomic mass is 32.2. The molecule has 0 amide bonds. The van der Waals surface area contributed by atoms with E-state index in [4.69, 9.17) is 0 Å². The first kappa shape index (κ1) is 13.5. The zero-order valence-corrected chi connectivity index (χ0v) is 11.5. The molecule has 2 saturated heterocycles. The van der Waals surface area contributed by atoms with Gasteiger partial charge in [-0.2, -0.15) is 0 Å². The first-order valence-electron chi connectivity index (χ1n) is 6.49. The van der Waals surface area contributed by atoms with Gasteiger partial charge in [-0.05, 0) is 25.3 Å². The molecule has 2 heterocycles. The summed E-state index contributed by atoms with van der Waals surface area (Å²) in [5.74, 6) is 0. The van der Waals surface area contributed by atoms with Crippen LogP contribution < -0.4 is 10.0 Å². The second-order valence-corrected chi connectivity index (χ2v) is 6.92. The highest BCUT2D eigenvalue weighted by molar-refractivity contribution is 7.89. The SMILES string of the molecule is O=[N+]([O-])c1ccccc1S(=O)(=O)N[C@@H]1C[C@H]2CC[C@@H]1N2. The van der Waals surface area contributed by atoms with E-state index < -0.39 is 20.6 Å². The van der Waals surface area contributed by atoms with Crippen LogP contribution in [0.1, 0.15) is 19.3 Å². The molecule has 0 aliphatic carbocycles. The Morgan fingerprint density at radius 1 is 1.30 bits per heavy atom. The molecule has 0 spiro atoms. The lowest BCUT2D eigenvalue weighted by Gasteiger charge is -2.21. The minimum absolute atomic E-state index is 0.137. The minimum Gasteiger partial charge on any atom is -0.310 e. The lowest BCUT2D eigenvalue weighted by Crippen LogP contribution is -2.42. The van der Waals surface area contributed by atoms with E-state index in [0.717, 1.165) is 19.3 Å². The first-order valence-corrected chi connectivity index (χ1v) is 7.97. The van der Waals surface area contributed by atoms with Gasteiger partial charge in [-0.15, -0.1) is 0 Å². The summed E-state index contributed by atoms with van der Waals surface area (Å²) in [6, 6.07) is 5.72. The molecular weight excluding hydrogens is 282 g/mol. The fourth-order valence-electron chi connectivity index (χ4n) is 3.05. The first-order chi connectivity index (χ1) is 9.47. The third-order valence-electron chi connectivity index (χ3n) is 3.96. The molecule has 108 valence electrons. The maximum atomic E-state index is 12.3. The molecule has 20 heavy (non-hydrogen) atoms. The van der Waals surface area contributed by atoms with Gasteiger partial charge < -0.3 is 5.32 Å². The Balaban J connectivity index is 1.87. The van der Waals surface area contributed by atoms with E-state index in [-0.39, 0.29) is 17.0 Å². The van der Waals surface area contributed by atoms with Gasteiger partial charge in [0.2, 0.25) is 10.0 Å². The minimum atomic E-state index is -3.87. The van der Waals surface area contributed by atoms with Crippen LogP contribution in [0, 0.1) is 10.1 Å². The van der Waals surface area contributed by atoms with Gasteiger partial charge in [-0.25, -0.2) is 13.1 Å². The number of nitro benzene ring substituents is 1. The number of hydrogen-bond donors (Lipinski definition) is 2. The molecular formula is C12H15N3O4S. The average molecular weight is 297 g/mol. The highest BCUT2D eigenvalue weighted by Gasteiger charge is 2.41. The van der Waals surface area contributed by atoms with Crippen molar-refractivity contribution in [3.63, 3.8) is 0 Å². The number of nitrogens with zero attached hydrogens (tertiary/aromatic N) is 1. The zero-order chi connectivity index (χ0) is 14.3. The molecule has 0 unspecified atom stereocenters. The molecule has 1 aromatic rings. The quantitative estimate of drug-likeness (QED) is 0.631. The molecule has 2 fully saturated rings. The molecule has 7 nitrogen and oxygen atoms in total. The molecule has 1 aromatic carbocycles. The monoisotopic (exact) mass is 297 g/mol. The van der Waals surface area contributed by atoms with Crippen LogP contribution in [0.5, 0.6) is 0 Å². The molecule has 0 saturated carbocycles. The van der Waals surface area contributed by atoms with E-state index in [1.807, 2.05) is 0 Å². The van der Waals surface area contributed by atoms with Crippen LogP contribution in [0.4, 0.5) is 5.69 Å². The summed E-state index contributed by atoms with van der Waals surface area (Å²) < 4.78 is 27.3. The topological polar surface area (TPSA) is 101 Å². The molecule has 3 atom stereocenters. The number of sulfonamides is 1. The Kier molecular flexibility index (Phi) is 3.23. The Bertz CT molecular complexity index is 646. The van der Waals surface area contributed by atoms with Crippen molar-refractivity contribution in [2.45, 2.75) is 42.3 Å². The van der Waals surface area contributed by atoms with Crippen LogP contribution in [0.15, 0.2) is 29.2 Å². The van der Waals surface area contributed by atoms with Crippen molar-refractivity contribution in [3.05, 3.63) is 34.4 Å². The van der Waals surface area contributed by atoms with E-state index in [0.29, 0.717) is 6.04 Å². The number of hydrogen-bond acceptors (Lipinski definition) is 5. The molecule has 0 aromatic heterocycles. The molecule has 0 radical (unpaired) electrons. The Labute approximate surface area is 116 Å². The van der Waals surface area contributed by atoms with Crippen LogP contribution in [-0.4, -0.2) is 31.5 Å². The van der Waals surface area contributed by atoms with Crippen molar-refractivity contribution in [1.82, 2.24) is 10.0 Å². The maximum Gasteiger partial charge on any atom is 0.289 e. The number of rotatable bonds is 4. The van der Waals surface area contributed by atoms with Crippen LogP contribution in [0.2, 0.25) is 0 Å². The number of nitro groups is 1. The van der Waals surface area contributed by atoms with Crippen molar-refractivity contribution >= 4 is 15.7 Å². The molecule has 2 aliphatic rings. The van der Waals surface area contributed by atoms with Gasteiger partial charge in [-0.1, -0.05) is 12.1 Å². The van der Waals surface area contributed by atoms with E-state index in [9.17, 15) is 18.5 Å². The predicted octanol–water partition coefficient (Wildman–Crippen LogP) is 0.766. The van der Waals surface area contributed by atoms with E-state index in [1.165, 1.54) is 24.3 Å². The molecule has 2 N–H and O–H groups in total. The standard InChI is InChI=1S/C12H15N3O4S/c16-15(17)11-3-1-2-4-12(11)20(18,19)14-10-7-8-5-6-9(10)13-8/h1-4,8-10,13-14H,5-7H2/t8-,9+,10-/m1/s1. The lowest BCUT2D eigenvalue weighted by molar-refractivity contribution is -0.387. The fraction of sp³-hybridized carbons (Fsp3) is 0.500. The van der Waals surface area contributed by atoms with Gasteiger partial charge in [0.15, 0.2) is 4.90 Å². The smallest absolute Gasteiger partial charge is 0.289 e. The number of benzene rings is 1. The summed E-state index contributed by atoms with van der Waals surface area (Å²) >= 11 is 0. The van der Waals surface area contributed by atoms with Crippen molar-refractivity contribution in [1.29, 1.82) is 0 Å². The molecule has 8 heteroatoms. The highest BCUT2D eigenvalue weighted by Crippen LogP contribution is 2.30. The Hall–Kier alpha value is -1.51. The summed E-state index contributed by atoms with van der Waals surface area (Å²) in [4.78, 5) is 9.99. The van der Waals surface area contributed by atoms with Gasteiger partial charge in [0.25, 0.3) is 5.69 Å². The Morgan fingerprint density at radius 3 is 2.65 bits per heavy atom. The average Bonchev–Trinajstić information content (AvgIpc) is 3.00. The fourth-order valence-corrected chi connectivity index (χ4v) is 4.51. The van der Waals surface area contributed by atoms with E-state index >= 15 is 0 Å². The summed E-state index contributed by atoms with van der Waals surface area (Å²) in [6.45, 7) is 0. The van der Waals surface area contributed by atoms with Crippen molar-refractivity contribution in [3.8, 4) is 0 Å². The molecule has 2 bridgehead atoms. The molecule has 3 rings (SSSR count). The summed E-state index contributed by atoms with van der Waals surface area (Å²) in [6.07, 6.45) is 2.74. The summed E-state index contributed by atoms with van der Waals surface area (Å²) in [5, 5.41) is 14.3. The van der Waals surface area contributed by atoms with Crippen molar-refractivity contribution in [2.75, 3.05) is 0 Å². The number of fused-ring (bicyclic) bond motifs is 2. The van der Waals surface area contributed by atoms with Crippen LogP contribution in [0.25, 0.3) is 0 Å². The second kappa shape index (κ2) is 4.80. The summed E-state index contributed by atoms with van der Waals surface area (Å²) in [5.41, 5.74) is -0.392. The van der Waals surface area contributed by atoms with Gasteiger partial charge in [0.05, 0.1) is 4.92 Å². The van der Waals surface area contributed by atoms with E-state index in [2.05, 4.69) is 10.0 Å². The van der Waals surface area contributed by atoms with Gasteiger partial charge >= 0.3 is 0 Å². The predicted molar refractivity (Wildman–Crippen MR) is 71.8 cm³/mol. The van der Waals surface area contributed by atoms with Crippen LogP contribution in [-0.2, 0) is 10.0 Å². The van der Waals surface area contributed by atoms with Gasteiger partial charge in [-0.3, -0.25) is 10.1 Å². The second-order valence-electron chi connectivity index (χ2n) is 5.24. The van der Waals surface area contributed by atoms with Crippen LogP contribution >= 0.6 is 0 Å². The van der Waals surface area contributed by atoms with Crippen molar-refractivity contribution in [2.24, 2.45) is 0 Å². The maximum absolute atomic E-state index is 12.3. The molecule has 2 aliphatic heterocycles. The van der Waals surface area contributed by atoms with E-state index in [1.54, 1.807) is 0 Å². The third-order valence-corrected chi connectivity index (χ3v) is 5.50. The van der Waals surface area contributed by atoms with Crippen LogP contribution in [0.3, 0.4) is 0 Å². The van der Waals surface area contributed by atoms with Gasteiger partial charge in [0.1, 0.15) is 0 Å². The largest absolute Gasteiger partial charge is 0.310 e. The third kappa shape index (κ3) is 2.30. The normalized spacial score (nSPS) is 28.7.